The fraction of sp³-hybridized carbons (Fsp3) is 0.318. The Balaban J connectivity index is 2.29. The molecule has 0 aliphatic rings. The van der Waals surface area contributed by atoms with Crippen LogP contribution in [-0.2, 0) is 11.3 Å². The molecule has 0 unspecified atom stereocenters. The number of hydrogen-bond donors (Lipinski definition) is 0. The zero-order valence-corrected chi connectivity index (χ0v) is 18.0. The minimum atomic E-state index is -0.732. The Morgan fingerprint density at radius 1 is 0.935 bits per heavy atom. The van der Waals surface area contributed by atoms with Crippen molar-refractivity contribution in [2.45, 2.75) is 20.4 Å². The molecule has 9 heteroatoms. The molecule has 0 saturated carbocycles. The molecule has 0 aliphatic heterocycles. The van der Waals surface area contributed by atoms with Gasteiger partial charge in [-0.15, -0.1) is 0 Å². The normalized spacial score (nSPS) is 10.3. The predicted octanol–water partition coefficient (Wildman–Crippen LogP) is 3.14. The zero-order chi connectivity index (χ0) is 23.1. The van der Waals surface area contributed by atoms with Gasteiger partial charge in [0.2, 0.25) is 0 Å². The maximum atomic E-state index is 13.0. The van der Waals surface area contributed by atoms with Gasteiger partial charge in [0.05, 0.1) is 17.1 Å². The van der Waals surface area contributed by atoms with Crippen molar-refractivity contribution in [2.75, 3.05) is 27.2 Å². The molecule has 2 aromatic rings. The number of rotatable bonds is 8. The number of ether oxygens (including phenoxy) is 1. The number of carbonyl (C=O) groups excluding carboxylic acids is 3. The maximum Gasteiger partial charge on any atom is 0.338 e. The summed E-state index contributed by atoms with van der Waals surface area (Å²) >= 11 is 0. The summed E-state index contributed by atoms with van der Waals surface area (Å²) in [6, 6.07) is 10.4. The summed E-state index contributed by atoms with van der Waals surface area (Å²) in [5.41, 5.74) is 0.930. The van der Waals surface area contributed by atoms with Crippen molar-refractivity contribution in [3.05, 3.63) is 74.8 Å². The highest BCUT2D eigenvalue weighted by Gasteiger charge is 2.22. The summed E-state index contributed by atoms with van der Waals surface area (Å²) in [4.78, 5) is 50.7. The SMILES string of the molecule is CCOC(=O)c1cc(C(=O)N(CC)Cc2ccc(C(=O)N(C)C)cc2)cc([N+](=O)[O-])c1. The number of nitrogens with zero attached hydrogens (tertiary/aromatic N) is 3. The molecule has 0 radical (unpaired) electrons. The van der Waals surface area contributed by atoms with Crippen molar-refractivity contribution in [3.63, 3.8) is 0 Å². The second-order valence-corrected chi connectivity index (χ2v) is 6.96. The van der Waals surface area contributed by atoms with E-state index in [9.17, 15) is 24.5 Å². The highest BCUT2D eigenvalue weighted by molar-refractivity contribution is 5.99. The molecule has 2 rings (SSSR count). The van der Waals surface area contributed by atoms with Crippen molar-refractivity contribution in [2.24, 2.45) is 0 Å². The number of non-ortho nitro benzene ring substituents is 1. The Morgan fingerprint density at radius 2 is 1.55 bits per heavy atom. The Hall–Kier alpha value is -3.75. The topological polar surface area (TPSA) is 110 Å². The lowest BCUT2D eigenvalue weighted by Crippen LogP contribution is -2.30. The van der Waals surface area contributed by atoms with Crippen LogP contribution >= 0.6 is 0 Å². The summed E-state index contributed by atoms with van der Waals surface area (Å²) < 4.78 is 4.91. The average molecular weight is 427 g/mol. The summed E-state index contributed by atoms with van der Waals surface area (Å²) in [5, 5.41) is 11.3. The first kappa shape index (κ1) is 23.5. The van der Waals surface area contributed by atoms with Gasteiger partial charge in [0, 0.05) is 50.4 Å². The van der Waals surface area contributed by atoms with Crippen molar-refractivity contribution in [1.29, 1.82) is 0 Å². The third kappa shape index (κ3) is 5.88. The first-order valence-electron chi connectivity index (χ1n) is 9.74. The van der Waals surface area contributed by atoms with Gasteiger partial charge in [-0.25, -0.2) is 4.79 Å². The first-order valence-corrected chi connectivity index (χ1v) is 9.74. The van der Waals surface area contributed by atoms with Crippen LogP contribution in [0, 0.1) is 10.1 Å². The lowest BCUT2D eigenvalue weighted by Gasteiger charge is -2.21. The predicted molar refractivity (Wildman–Crippen MR) is 114 cm³/mol. The molecule has 0 aromatic heterocycles. The van der Waals surface area contributed by atoms with Crippen LogP contribution in [0.4, 0.5) is 5.69 Å². The number of hydrogen-bond acceptors (Lipinski definition) is 6. The van der Waals surface area contributed by atoms with Crippen LogP contribution in [0.15, 0.2) is 42.5 Å². The molecular weight excluding hydrogens is 402 g/mol. The molecule has 0 N–H and O–H groups in total. The van der Waals surface area contributed by atoms with Gasteiger partial charge in [0.1, 0.15) is 0 Å². The van der Waals surface area contributed by atoms with E-state index in [4.69, 9.17) is 4.74 Å². The third-order valence-corrected chi connectivity index (χ3v) is 4.54. The number of benzene rings is 2. The molecule has 2 amide bonds. The molecule has 0 bridgehead atoms. The average Bonchev–Trinajstić information content (AvgIpc) is 2.76. The van der Waals surface area contributed by atoms with Gasteiger partial charge < -0.3 is 14.5 Å². The van der Waals surface area contributed by atoms with E-state index in [2.05, 4.69) is 0 Å². The quantitative estimate of drug-likeness (QED) is 0.364. The van der Waals surface area contributed by atoms with Crippen LogP contribution in [0.2, 0.25) is 0 Å². The largest absolute Gasteiger partial charge is 0.462 e. The van der Waals surface area contributed by atoms with E-state index in [-0.39, 0.29) is 35.9 Å². The van der Waals surface area contributed by atoms with Crippen molar-refractivity contribution >= 4 is 23.5 Å². The van der Waals surface area contributed by atoms with E-state index in [0.717, 1.165) is 17.7 Å². The van der Waals surface area contributed by atoms with E-state index in [1.807, 2.05) is 0 Å². The van der Waals surface area contributed by atoms with Gasteiger partial charge in [-0.05, 0) is 37.6 Å². The fourth-order valence-corrected chi connectivity index (χ4v) is 2.91. The van der Waals surface area contributed by atoms with Crippen molar-refractivity contribution in [3.8, 4) is 0 Å². The van der Waals surface area contributed by atoms with E-state index >= 15 is 0 Å². The molecule has 0 fully saturated rings. The number of amides is 2. The van der Waals surface area contributed by atoms with Crippen LogP contribution < -0.4 is 0 Å². The molecule has 0 heterocycles. The van der Waals surface area contributed by atoms with Gasteiger partial charge in [-0.1, -0.05) is 12.1 Å². The lowest BCUT2D eigenvalue weighted by atomic mass is 10.1. The van der Waals surface area contributed by atoms with E-state index in [1.165, 1.54) is 15.9 Å². The van der Waals surface area contributed by atoms with Crippen LogP contribution in [-0.4, -0.2) is 59.8 Å². The Morgan fingerprint density at radius 3 is 2.06 bits per heavy atom. The van der Waals surface area contributed by atoms with Crippen LogP contribution in [0.25, 0.3) is 0 Å². The van der Waals surface area contributed by atoms with Crippen molar-refractivity contribution < 1.29 is 24.0 Å². The second-order valence-electron chi connectivity index (χ2n) is 6.96. The number of esters is 1. The zero-order valence-electron chi connectivity index (χ0n) is 18.0. The fourth-order valence-electron chi connectivity index (χ4n) is 2.91. The van der Waals surface area contributed by atoms with Gasteiger partial charge >= 0.3 is 5.97 Å². The molecule has 0 saturated heterocycles. The summed E-state index contributed by atoms with van der Waals surface area (Å²) in [6.07, 6.45) is 0. The molecule has 0 aliphatic carbocycles. The maximum absolute atomic E-state index is 13.0. The monoisotopic (exact) mass is 427 g/mol. The molecule has 0 spiro atoms. The molecule has 2 aromatic carbocycles. The van der Waals surface area contributed by atoms with Crippen LogP contribution in [0.1, 0.15) is 50.5 Å². The Kier molecular flexibility index (Phi) is 7.84. The minimum Gasteiger partial charge on any atom is -0.462 e. The van der Waals surface area contributed by atoms with Gasteiger partial charge in [0.25, 0.3) is 17.5 Å². The van der Waals surface area contributed by atoms with Crippen LogP contribution in [0.5, 0.6) is 0 Å². The third-order valence-electron chi connectivity index (χ3n) is 4.54. The highest BCUT2D eigenvalue weighted by Crippen LogP contribution is 2.20. The van der Waals surface area contributed by atoms with E-state index in [1.54, 1.807) is 52.2 Å². The molecular formula is C22H25N3O6. The summed E-state index contributed by atoms with van der Waals surface area (Å²) in [5.74, 6) is -1.31. The second kappa shape index (κ2) is 10.3. The Labute approximate surface area is 180 Å². The van der Waals surface area contributed by atoms with Crippen molar-refractivity contribution in [1.82, 2.24) is 9.80 Å². The van der Waals surface area contributed by atoms with E-state index < -0.39 is 16.8 Å². The van der Waals surface area contributed by atoms with Gasteiger partial charge in [-0.3, -0.25) is 19.7 Å². The lowest BCUT2D eigenvalue weighted by molar-refractivity contribution is -0.384. The number of carbonyl (C=O) groups is 3. The Bertz CT molecular complexity index is 985. The molecule has 164 valence electrons. The first-order chi connectivity index (χ1) is 14.7. The summed E-state index contributed by atoms with van der Waals surface area (Å²) in [7, 11) is 3.33. The summed E-state index contributed by atoms with van der Waals surface area (Å²) in [6.45, 7) is 4.10. The van der Waals surface area contributed by atoms with Crippen LogP contribution in [0.3, 0.4) is 0 Å². The van der Waals surface area contributed by atoms with Gasteiger partial charge in [-0.2, -0.15) is 0 Å². The smallest absolute Gasteiger partial charge is 0.338 e. The molecule has 9 nitrogen and oxygen atoms in total. The molecule has 31 heavy (non-hydrogen) atoms. The highest BCUT2D eigenvalue weighted by atomic mass is 16.6. The standard InChI is InChI=1S/C22H25N3O6/c1-5-24(14-15-7-9-16(10-8-15)20(26)23(3)4)21(27)17-11-18(22(28)31-6-2)13-19(12-17)25(29)30/h7-13H,5-6,14H2,1-4H3. The van der Waals surface area contributed by atoms with Gasteiger partial charge in [0.15, 0.2) is 0 Å². The number of nitro groups is 1. The number of nitro benzene ring substituents is 1. The molecule has 0 atom stereocenters. The van der Waals surface area contributed by atoms with E-state index in [0.29, 0.717) is 12.1 Å². The minimum absolute atomic E-state index is 0.0264.